The summed E-state index contributed by atoms with van der Waals surface area (Å²) in [7, 11) is 5.94. The van der Waals surface area contributed by atoms with Gasteiger partial charge in [-0.05, 0) is 60.4 Å². The number of aromatic nitrogens is 1. The van der Waals surface area contributed by atoms with Crippen molar-refractivity contribution >= 4 is 17.4 Å². The minimum atomic E-state index is -0.963. The molecule has 1 fully saturated rings. The molecular weight excluding hydrogens is 488 g/mol. The number of carbonyl (C=O) groups excluding carboxylic acids is 2. The maximum atomic E-state index is 13.6. The molecule has 0 saturated carbocycles. The summed E-state index contributed by atoms with van der Waals surface area (Å²) in [5.74, 6) is -0.437. The van der Waals surface area contributed by atoms with Gasteiger partial charge in [0.1, 0.15) is 11.5 Å². The van der Waals surface area contributed by atoms with Crippen LogP contribution in [-0.2, 0) is 16.1 Å². The third-order valence-corrected chi connectivity index (χ3v) is 6.50. The zero-order valence-corrected chi connectivity index (χ0v) is 22.2. The highest BCUT2D eigenvalue weighted by atomic mass is 16.5. The number of carbonyl (C=O) groups is 2. The van der Waals surface area contributed by atoms with E-state index in [0.717, 1.165) is 16.7 Å². The van der Waals surface area contributed by atoms with Crippen molar-refractivity contribution < 1.29 is 33.6 Å². The zero-order valence-electron chi connectivity index (χ0n) is 22.2. The summed E-state index contributed by atoms with van der Waals surface area (Å²) in [5, 5.41) is 11.6. The molecule has 198 valence electrons. The molecule has 1 N–H and O–H groups in total. The Labute approximate surface area is 221 Å². The smallest absolute Gasteiger partial charge is 0.295 e. The highest BCUT2D eigenvalue weighted by molar-refractivity contribution is 6.46. The van der Waals surface area contributed by atoms with Gasteiger partial charge in [-0.1, -0.05) is 12.1 Å². The number of aliphatic hydroxyl groups is 1. The maximum Gasteiger partial charge on any atom is 0.295 e. The lowest BCUT2D eigenvalue weighted by molar-refractivity contribution is -0.140. The number of rotatable bonds is 8. The summed E-state index contributed by atoms with van der Waals surface area (Å²) in [6.45, 7) is 3.81. The maximum absolute atomic E-state index is 13.6. The Morgan fingerprint density at radius 1 is 0.947 bits per heavy atom. The molecule has 0 bridgehead atoms. The summed E-state index contributed by atoms with van der Waals surface area (Å²) in [4.78, 5) is 32.5. The summed E-state index contributed by atoms with van der Waals surface area (Å²) >= 11 is 0. The number of nitrogens with zero attached hydrogens (tertiary/aromatic N) is 2. The zero-order chi connectivity index (χ0) is 27.6. The standard InChI is InChI=1S/C29H30N2O7/c1-16-10-17(2)27(37-5)20(11-16)25(32)23-24(19-12-21(35-3)28(38-6)22(13-19)36-4)31(29(34)26(23)33)15-18-8-7-9-30-14-18/h7-14,24,32H,15H2,1-6H3/b25-23+. The Bertz CT molecular complexity index is 1390. The molecule has 1 unspecified atom stereocenters. The van der Waals surface area contributed by atoms with Crippen LogP contribution in [0.25, 0.3) is 5.76 Å². The van der Waals surface area contributed by atoms with Crippen molar-refractivity contribution in [2.75, 3.05) is 28.4 Å². The Kier molecular flexibility index (Phi) is 7.57. The van der Waals surface area contributed by atoms with E-state index in [1.54, 1.807) is 36.7 Å². The van der Waals surface area contributed by atoms with Crippen LogP contribution in [0.5, 0.6) is 23.0 Å². The van der Waals surface area contributed by atoms with Crippen LogP contribution in [0, 0.1) is 13.8 Å². The summed E-state index contributed by atoms with van der Waals surface area (Å²) in [6, 6.07) is 9.57. The fourth-order valence-electron chi connectivity index (χ4n) is 4.88. The molecule has 2 heterocycles. The number of hydrogen-bond acceptors (Lipinski definition) is 8. The average molecular weight is 519 g/mol. The minimum absolute atomic E-state index is 0.0727. The Morgan fingerprint density at radius 2 is 1.61 bits per heavy atom. The van der Waals surface area contributed by atoms with Crippen molar-refractivity contribution in [1.82, 2.24) is 9.88 Å². The van der Waals surface area contributed by atoms with Crippen LogP contribution >= 0.6 is 0 Å². The van der Waals surface area contributed by atoms with Crippen molar-refractivity contribution in [2.45, 2.75) is 26.4 Å². The van der Waals surface area contributed by atoms with Gasteiger partial charge in [-0.25, -0.2) is 0 Å². The molecule has 0 spiro atoms. The number of hydrogen-bond donors (Lipinski definition) is 1. The van der Waals surface area contributed by atoms with Gasteiger partial charge in [-0.2, -0.15) is 0 Å². The second-order valence-electron chi connectivity index (χ2n) is 8.91. The van der Waals surface area contributed by atoms with Crippen molar-refractivity contribution in [3.05, 3.63) is 82.2 Å². The highest BCUT2D eigenvalue weighted by Gasteiger charge is 2.47. The molecule has 0 aliphatic carbocycles. The lowest BCUT2D eigenvalue weighted by Crippen LogP contribution is -2.29. The van der Waals surface area contributed by atoms with E-state index in [4.69, 9.17) is 18.9 Å². The van der Waals surface area contributed by atoms with E-state index in [2.05, 4.69) is 4.98 Å². The van der Waals surface area contributed by atoms with Gasteiger partial charge in [0.25, 0.3) is 11.7 Å². The van der Waals surface area contributed by atoms with Gasteiger partial charge in [0.05, 0.1) is 45.6 Å². The number of ether oxygens (including phenoxy) is 4. The molecular formula is C29H30N2O7. The summed E-state index contributed by atoms with van der Waals surface area (Å²) < 4.78 is 22.1. The molecule has 1 aliphatic heterocycles. The molecule has 1 aliphatic rings. The average Bonchev–Trinajstić information content (AvgIpc) is 3.16. The number of amides is 1. The normalized spacial score (nSPS) is 16.5. The number of aryl methyl sites for hydroxylation is 2. The number of aliphatic hydroxyl groups excluding tert-OH is 1. The van der Waals surface area contributed by atoms with Gasteiger partial charge in [-0.15, -0.1) is 0 Å². The van der Waals surface area contributed by atoms with E-state index >= 15 is 0 Å². The second-order valence-corrected chi connectivity index (χ2v) is 8.91. The van der Waals surface area contributed by atoms with E-state index in [-0.39, 0.29) is 17.9 Å². The van der Waals surface area contributed by atoms with Gasteiger partial charge in [0.2, 0.25) is 5.75 Å². The van der Waals surface area contributed by atoms with Gasteiger partial charge >= 0.3 is 0 Å². The van der Waals surface area contributed by atoms with Crippen molar-refractivity contribution in [3.8, 4) is 23.0 Å². The van der Waals surface area contributed by atoms with Gasteiger partial charge in [0.15, 0.2) is 11.5 Å². The van der Waals surface area contributed by atoms with E-state index in [0.29, 0.717) is 34.1 Å². The third kappa shape index (κ3) is 4.63. The highest BCUT2D eigenvalue weighted by Crippen LogP contribution is 2.47. The Morgan fingerprint density at radius 3 is 2.16 bits per heavy atom. The van der Waals surface area contributed by atoms with Crippen LogP contribution in [0.2, 0.25) is 0 Å². The molecule has 9 heteroatoms. The third-order valence-electron chi connectivity index (χ3n) is 6.50. The first-order chi connectivity index (χ1) is 18.2. The predicted octanol–water partition coefficient (Wildman–Crippen LogP) is 4.35. The first kappa shape index (κ1) is 26.5. The first-order valence-corrected chi connectivity index (χ1v) is 11.9. The number of Topliss-reactive ketones (excluding diaryl/α,β-unsaturated/α-hetero) is 1. The van der Waals surface area contributed by atoms with Crippen LogP contribution < -0.4 is 18.9 Å². The molecule has 38 heavy (non-hydrogen) atoms. The van der Waals surface area contributed by atoms with Crippen molar-refractivity contribution in [2.24, 2.45) is 0 Å². The number of likely N-dealkylation sites (tertiary alicyclic amines) is 1. The Balaban J connectivity index is 2.01. The molecule has 2 aromatic carbocycles. The number of benzene rings is 2. The monoisotopic (exact) mass is 518 g/mol. The number of pyridine rings is 1. The molecule has 0 radical (unpaired) electrons. The van der Waals surface area contributed by atoms with Crippen LogP contribution in [0.1, 0.15) is 33.9 Å². The fourth-order valence-corrected chi connectivity index (χ4v) is 4.88. The fraction of sp³-hybridized carbons (Fsp3) is 0.276. The molecule has 1 aromatic heterocycles. The second kappa shape index (κ2) is 10.8. The van der Waals surface area contributed by atoms with Crippen LogP contribution in [0.4, 0.5) is 0 Å². The molecule has 1 saturated heterocycles. The number of methoxy groups -OCH3 is 4. The van der Waals surface area contributed by atoms with Crippen LogP contribution in [-0.4, -0.2) is 55.1 Å². The summed E-state index contributed by atoms with van der Waals surface area (Å²) in [6.07, 6.45) is 3.25. The minimum Gasteiger partial charge on any atom is -0.507 e. The topological polar surface area (TPSA) is 107 Å². The van der Waals surface area contributed by atoms with Crippen molar-refractivity contribution in [1.29, 1.82) is 0 Å². The van der Waals surface area contributed by atoms with Crippen LogP contribution in [0.3, 0.4) is 0 Å². The summed E-state index contributed by atoms with van der Waals surface area (Å²) in [5.41, 5.74) is 3.10. The number of ketones is 1. The predicted molar refractivity (Wildman–Crippen MR) is 141 cm³/mol. The lowest BCUT2D eigenvalue weighted by Gasteiger charge is -2.27. The van der Waals surface area contributed by atoms with E-state index in [9.17, 15) is 14.7 Å². The molecule has 4 rings (SSSR count). The Hall–Kier alpha value is -4.53. The van der Waals surface area contributed by atoms with Gasteiger partial charge in [-0.3, -0.25) is 14.6 Å². The largest absolute Gasteiger partial charge is 0.507 e. The van der Waals surface area contributed by atoms with Crippen LogP contribution in [0.15, 0.2) is 54.4 Å². The molecule has 9 nitrogen and oxygen atoms in total. The van der Waals surface area contributed by atoms with Crippen molar-refractivity contribution in [3.63, 3.8) is 0 Å². The van der Waals surface area contributed by atoms with Gasteiger partial charge < -0.3 is 29.0 Å². The SMILES string of the molecule is COc1cc(C2/C(=C(\O)c3cc(C)cc(C)c3OC)C(=O)C(=O)N2Cc2cccnc2)cc(OC)c1OC. The molecule has 3 aromatic rings. The quantitative estimate of drug-likeness (QED) is 0.266. The van der Waals surface area contributed by atoms with E-state index in [1.807, 2.05) is 26.0 Å². The lowest BCUT2D eigenvalue weighted by atomic mass is 9.93. The molecule has 1 atom stereocenters. The van der Waals surface area contributed by atoms with E-state index < -0.39 is 17.7 Å². The van der Waals surface area contributed by atoms with E-state index in [1.165, 1.54) is 33.3 Å². The first-order valence-electron chi connectivity index (χ1n) is 11.9. The van der Waals surface area contributed by atoms with Gasteiger partial charge in [0, 0.05) is 18.9 Å². The molecule has 1 amide bonds.